The zero-order valence-electron chi connectivity index (χ0n) is 7.06. The maximum Gasteiger partial charge on any atom is 0.200 e. The summed E-state index contributed by atoms with van der Waals surface area (Å²) in [5.41, 5.74) is 0. The van der Waals surface area contributed by atoms with Gasteiger partial charge in [0.1, 0.15) is 0 Å². The number of nitrogens with one attached hydrogen (secondary N) is 1. The number of hydrogen-bond acceptors (Lipinski definition) is 3. The van der Waals surface area contributed by atoms with E-state index >= 15 is 0 Å². The fraction of sp³-hybridized carbons (Fsp3) is 0.875. The van der Waals surface area contributed by atoms with E-state index < -0.39 is 0 Å². The predicted octanol–water partition coefficient (Wildman–Crippen LogP) is 1.61. The molecule has 0 aromatic carbocycles. The third-order valence-electron chi connectivity index (χ3n) is 1.64. The van der Waals surface area contributed by atoms with Crippen molar-refractivity contribution in [2.24, 2.45) is 0 Å². The standard InChI is InChI=1S/C8H16NO2/c1-2-3-6-9-8-5-4-7-10-11-8/h9H,2-7H2,1H3. The van der Waals surface area contributed by atoms with E-state index in [4.69, 9.17) is 9.78 Å². The first-order chi connectivity index (χ1) is 5.43. The molecule has 1 aliphatic rings. The molecule has 1 aliphatic heterocycles. The highest BCUT2D eigenvalue weighted by molar-refractivity contribution is 4.74. The van der Waals surface area contributed by atoms with Crippen molar-refractivity contribution in [1.82, 2.24) is 5.32 Å². The highest BCUT2D eigenvalue weighted by Gasteiger charge is 2.14. The number of hydrogen-bond donors (Lipinski definition) is 1. The fourth-order valence-electron chi connectivity index (χ4n) is 0.969. The summed E-state index contributed by atoms with van der Waals surface area (Å²) in [5.74, 6) is 0. The fourth-order valence-corrected chi connectivity index (χ4v) is 0.969. The summed E-state index contributed by atoms with van der Waals surface area (Å²) < 4.78 is 0. The summed E-state index contributed by atoms with van der Waals surface area (Å²) in [6.45, 7) is 3.89. The highest BCUT2D eigenvalue weighted by Crippen LogP contribution is 2.13. The second-order valence-electron chi connectivity index (χ2n) is 2.71. The maximum absolute atomic E-state index is 4.93. The average molecular weight is 158 g/mol. The molecule has 3 heteroatoms. The molecule has 0 aromatic rings. The van der Waals surface area contributed by atoms with Gasteiger partial charge in [-0.15, -0.1) is 0 Å². The molecule has 1 rings (SSSR count). The monoisotopic (exact) mass is 158 g/mol. The molecule has 0 amide bonds. The molecule has 0 bridgehead atoms. The van der Waals surface area contributed by atoms with Crippen LogP contribution in [0.2, 0.25) is 0 Å². The predicted molar refractivity (Wildman–Crippen MR) is 42.4 cm³/mol. The van der Waals surface area contributed by atoms with Crippen LogP contribution in [0.1, 0.15) is 32.6 Å². The second kappa shape index (κ2) is 5.52. The van der Waals surface area contributed by atoms with Gasteiger partial charge in [0.2, 0.25) is 0 Å². The first-order valence-corrected chi connectivity index (χ1v) is 4.32. The molecule has 0 spiro atoms. The number of unbranched alkanes of at least 4 members (excludes halogenated alkanes) is 1. The molecular weight excluding hydrogens is 142 g/mol. The van der Waals surface area contributed by atoms with E-state index in [2.05, 4.69) is 12.2 Å². The summed E-state index contributed by atoms with van der Waals surface area (Å²) in [5, 5.41) is 3.19. The lowest BCUT2D eigenvalue weighted by atomic mass is 10.2. The summed E-state index contributed by atoms with van der Waals surface area (Å²) >= 11 is 0. The van der Waals surface area contributed by atoms with Gasteiger partial charge in [-0.2, -0.15) is 0 Å². The van der Waals surface area contributed by atoms with E-state index in [1.165, 1.54) is 12.8 Å². The second-order valence-corrected chi connectivity index (χ2v) is 2.71. The Morgan fingerprint density at radius 3 is 3.09 bits per heavy atom. The van der Waals surface area contributed by atoms with Crippen molar-refractivity contribution in [1.29, 1.82) is 0 Å². The Labute approximate surface area is 68.0 Å². The zero-order chi connectivity index (χ0) is 7.94. The van der Waals surface area contributed by atoms with Gasteiger partial charge in [0.25, 0.3) is 0 Å². The van der Waals surface area contributed by atoms with Crippen molar-refractivity contribution < 1.29 is 9.78 Å². The van der Waals surface area contributed by atoms with Crippen LogP contribution >= 0.6 is 0 Å². The number of rotatable bonds is 4. The van der Waals surface area contributed by atoms with Gasteiger partial charge in [0.15, 0.2) is 6.23 Å². The van der Waals surface area contributed by atoms with E-state index in [-0.39, 0.29) is 0 Å². The molecule has 0 atom stereocenters. The van der Waals surface area contributed by atoms with Gasteiger partial charge in [-0.05, 0) is 25.8 Å². The Bertz CT molecular complexity index is 92.1. The van der Waals surface area contributed by atoms with Gasteiger partial charge in [0, 0.05) is 0 Å². The average Bonchev–Trinajstić information content (AvgIpc) is 2.07. The van der Waals surface area contributed by atoms with Gasteiger partial charge in [-0.3, -0.25) is 5.32 Å². The highest BCUT2D eigenvalue weighted by atomic mass is 17.2. The molecule has 1 saturated heterocycles. The van der Waals surface area contributed by atoms with Gasteiger partial charge >= 0.3 is 0 Å². The Kier molecular flexibility index (Phi) is 4.50. The van der Waals surface area contributed by atoms with Crippen LogP contribution < -0.4 is 5.32 Å². The molecule has 3 nitrogen and oxygen atoms in total. The molecule has 0 unspecified atom stereocenters. The summed E-state index contributed by atoms with van der Waals surface area (Å²) in [6, 6.07) is 0. The van der Waals surface area contributed by atoms with Crippen molar-refractivity contribution in [2.75, 3.05) is 13.2 Å². The largest absolute Gasteiger partial charge is 0.283 e. The minimum Gasteiger partial charge on any atom is -0.283 e. The van der Waals surface area contributed by atoms with Crippen LogP contribution in [0.15, 0.2) is 0 Å². The Hall–Kier alpha value is -0.120. The minimum atomic E-state index is 0.721. The third-order valence-corrected chi connectivity index (χ3v) is 1.64. The normalized spacial score (nSPS) is 20.5. The van der Waals surface area contributed by atoms with Crippen molar-refractivity contribution in [3.05, 3.63) is 6.23 Å². The summed E-state index contributed by atoms with van der Waals surface area (Å²) in [4.78, 5) is 9.74. The van der Waals surface area contributed by atoms with Gasteiger partial charge < -0.3 is 0 Å². The van der Waals surface area contributed by atoms with Crippen molar-refractivity contribution in [2.45, 2.75) is 32.6 Å². The molecule has 1 fully saturated rings. The first-order valence-electron chi connectivity index (χ1n) is 4.32. The van der Waals surface area contributed by atoms with Crippen LogP contribution in [0.3, 0.4) is 0 Å². The van der Waals surface area contributed by atoms with E-state index in [0.29, 0.717) is 0 Å². The Morgan fingerprint density at radius 1 is 1.55 bits per heavy atom. The van der Waals surface area contributed by atoms with Crippen LogP contribution in [0.4, 0.5) is 0 Å². The Balaban J connectivity index is 1.96. The van der Waals surface area contributed by atoms with Crippen LogP contribution in [0, 0.1) is 6.23 Å². The molecule has 65 valence electrons. The van der Waals surface area contributed by atoms with E-state index in [1.807, 2.05) is 0 Å². The lowest BCUT2D eigenvalue weighted by Gasteiger charge is -2.20. The Morgan fingerprint density at radius 2 is 2.45 bits per heavy atom. The van der Waals surface area contributed by atoms with Crippen molar-refractivity contribution in [3.8, 4) is 0 Å². The smallest absolute Gasteiger partial charge is 0.200 e. The molecule has 0 saturated carbocycles. The van der Waals surface area contributed by atoms with Crippen molar-refractivity contribution in [3.63, 3.8) is 0 Å². The van der Waals surface area contributed by atoms with E-state index in [1.54, 1.807) is 0 Å². The molecule has 0 aromatic heterocycles. The molecule has 11 heavy (non-hydrogen) atoms. The van der Waals surface area contributed by atoms with Gasteiger partial charge in [-0.1, -0.05) is 13.3 Å². The van der Waals surface area contributed by atoms with E-state index in [9.17, 15) is 0 Å². The molecular formula is C8H16NO2. The summed E-state index contributed by atoms with van der Waals surface area (Å²) in [7, 11) is 0. The maximum atomic E-state index is 4.93. The first kappa shape index (κ1) is 8.97. The zero-order valence-corrected chi connectivity index (χ0v) is 7.06. The van der Waals surface area contributed by atoms with Crippen LogP contribution in [0.25, 0.3) is 0 Å². The molecule has 0 aliphatic carbocycles. The summed E-state index contributed by atoms with van der Waals surface area (Å²) in [6.07, 6.45) is 5.34. The third kappa shape index (κ3) is 3.70. The topological polar surface area (TPSA) is 30.5 Å². The van der Waals surface area contributed by atoms with E-state index in [0.717, 1.165) is 32.2 Å². The van der Waals surface area contributed by atoms with Crippen LogP contribution in [0.5, 0.6) is 0 Å². The lowest BCUT2D eigenvalue weighted by molar-refractivity contribution is -0.311. The van der Waals surface area contributed by atoms with Crippen molar-refractivity contribution >= 4 is 0 Å². The molecule has 1 heterocycles. The lowest BCUT2D eigenvalue weighted by Crippen LogP contribution is -2.28. The quantitative estimate of drug-likeness (QED) is 0.498. The SMILES string of the molecule is CCCCN[C]1CCCOO1. The molecule has 1 radical (unpaired) electrons. The van der Waals surface area contributed by atoms with Gasteiger partial charge in [0.05, 0.1) is 6.61 Å². The van der Waals surface area contributed by atoms with Gasteiger partial charge in [-0.25, -0.2) is 9.78 Å². The minimum absolute atomic E-state index is 0.721. The molecule has 1 N–H and O–H groups in total. The van der Waals surface area contributed by atoms with Crippen LogP contribution in [-0.4, -0.2) is 13.2 Å². The van der Waals surface area contributed by atoms with Crippen LogP contribution in [-0.2, 0) is 9.78 Å².